The number of nitrogens with two attached hydrogens (primary N) is 2. The monoisotopic (exact) mass is 1010 g/mol. The molecule has 24 heteroatoms. The highest BCUT2D eigenvalue weighted by Crippen LogP contribution is 2.28. The summed E-state index contributed by atoms with van der Waals surface area (Å²) < 4.78 is 0. The van der Waals surface area contributed by atoms with Crippen LogP contribution in [0.1, 0.15) is 124 Å². The average Bonchev–Trinajstić information content (AvgIpc) is 4.17. The maximum absolute atomic E-state index is 14.6. The Bertz CT molecular complexity index is 1860. The van der Waals surface area contributed by atoms with E-state index in [-0.39, 0.29) is 69.6 Å². The van der Waals surface area contributed by atoms with Crippen molar-refractivity contribution in [2.75, 3.05) is 45.9 Å². The van der Waals surface area contributed by atoms with Gasteiger partial charge in [-0.05, 0) is 108 Å². The van der Waals surface area contributed by atoms with Crippen molar-refractivity contribution in [1.29, 1.82) is 0 Å². The SMILES string of the molecule is CC(C)C[C@H](NC(=O)[C@@H]1CCCN1C(=O)[C@@H]1CCCN1C(=O)[C@H](CC(C)C)NC(=O)[C@@H]1CCCN1C(=O)[C@H](CCCNC(N)N)NC(=O)[C@@H]([NH3+])CCCC[NH3+])C(=O)N1CCC[C@H]1C(=O)N[C@@H](CO)C(=O)O. The van der Waals surface area contributed by atoms with Crippen LogP contribution in [0.15, 0.2) is 0 Å². The Kier molecular flexibility index (Phi) is 23.3. The number of amides is 8. The lowest BCUT2D eigenvalue weighted by molar-refractivity contribution is -0.406. The van der Waals surface area contributed by atoms with Crippen molar-refractivity contribution < 1.29 is 64.8 Å². The molecule has 24 nitrogen and oxygen atoms in total. The zero-order valence-electron chi connectivity index (χ0n) is 42.4. The molecule has 4 heterocycles. The first-order valence-electron chi connectivity index (χ1n) is 25.8. The Morgan fingerprint density at radius 1 is 0.577 bits per heavy atom. The van der Waals surface area contributed by atoms with Crippen LogP contribution in [-0.2, 0) is 43.2 Å². The van der Waals surface area contributed by atoms with Crippen molar-refractivity contribution in [2.24, 2.45) is 23.3 Å². The molecule has 71 heavy (non-hydrogen) atoms. The van der Waals surface area contributed by atoms with E-state index in [2.05, 4.69) is 38.1 Å². The highest BCUT2D eigenvalue weighted by atomic mass is 16.4. The van der Waals surface area contributed by atoms with Crippen LogP contribution in [0.25, 0.3) is 0 Å². The molecule has 0 radical (unpaired) electrons. The van der Waals surface area contributed by atoms with Crippen molar-refractivity contribution >= 4 is 53.2 Å². The van der Waals surface area contributed by atoms with E-state index in [0.29, 0.717) is 64.3 Å². The van der Waals surface area contributed by atoms with E-state index in [4.69, 9.17) is 11.5 Å². The highest BCUT2D eigenvalue weighted by Gasteiger charge is 2.46. The maximum atomic E-state index is 14.6. The van der Waals surface area contributed by atoms with Gasteiger partial charge in [-0.15, -0.1) is 0 Å². The number of rotatable bonds is 27. The molecule has 0 bridgehead atoms. The Labute approximate surface area is 417 Å². The van der Waals surface area contributed by atoms with Gasteiger partial charge in [-0.3, -0.25) is 43.7 Å². The molecule has 0 aromatic heterocycles. The van der Waals surface area contributed by atoms with Gasteiger partial charge in [-0.1, -0.05) is 27.7 Å². The number of carbonyl (C=O) groups excluding carboxylic acids is 8. The minimum Gasteiger partial charge on any atom is -0.480 e. The van der Waals surface area contributed by atoms with Crippen molar-refractivity contribution in [2.45, 2.75) is 185 Å². The number of carboxylic acid groups (broad SMARTS) is 1. The van der Waals surface area contributed by atoms with Crippen molar-refractivity contribution in [3.63, 3.8) is 0 Å². The lowest BCUT2D eigenvalue weighted by Crippen LogP contribution is -2.69. The van der Waals surface area contributed by atoms with Crippen LogP contribution >= 0.6 is 0 Å². The fraction of sp³-hybridized carbons (Fsp3) is 0.809. The normalized spacial score (nSPS) is 22.4. The first-order chi connectivity index (χ1) is 33.7. The lowest BCUT2D eigenvalue weighted by Gasteiger charge is -2.35. The summed E-state index contributed by atoms with van der Waals surface area (Å²) in [4.78, 5) is 130. The molecule has 4 fully saturated rings. The topological polar surface area (TPSA) is 375 Å². The summed E-state index contributed by atoms with van der Waals surface area (Å²) in [5, 5.41) is 32.7. The first kappa shape index (κ1) is 58.6. The largest absolute Gasteiger partial charge is 0.480 e. The third-order valence-corrected chi connectivity index (χ3v) is 13.9. The van der Waals surface area contributed by atoms with Gasteiger partial charge >= 0.3 is 5.97 Å². The van der Waals surface area contributed by atoms with Crippen molar-refractivity contribution in [3.05, 3.63) is 0 Å². The van der Waals surface area contributed by atoms with Crippen LogP contribution in [0.3, 0.4) is 0 Å². The number of hydrogen-bond donors (Lipinski definition) is 11. The number of aliphatic carboxylic acids is 1. The van der Waals surface area contributed by atoms with Crippen LogP contribution in [0.2, 0.25) is 0 Å². The Hall–Kier alpha value is -5.01. The Morgan fingerprint density at radius 2 is 1.00 bits per heavy atom. The second-order valence-electron chi connectivity index (χ2n) is 20.5. The van der Waals surface area contributed by atoms with Gasteiger partial charge in [0, 0.05) is 32.6 Å². The molecule has 0 spiro atoms. The number of hydrogen-bond acceptors (Lipinski definition) is 13. The molecule has 4 aliphatic heterocycles. The molecule has 402 valence electrons. The number of unbranched alkanes of at least 4 members (excludes halogenated alkanes) is 1. The first-order valence-corrected chi connectivity index (χ1v) is 25.8. The second-order valence-corrected chi connectivity index (χ2v) is 20.5. The van der Waals surface area contributed by atoms with Gasteiger partial charge in [-0.2, -0.15) is 0 Å². The molecule has 4 rings (SSSR count). The molecule has 0 unspecified atom stereocenters. The molecule has 17 N–H and O–H groups in total. The van der Waals surface area contributed by atoms with Crippen LogP contribution in [0, 0.1) is 11.8 Å². The zero-order valence-corrected chi connectivity index (χ0v) is 42.4. The fourth-order valence-electron chi connectivity index (χ4n) is 10.2. The number of carbonyl (C=O) groups is 9. The number of aliphatic hydroxyl groups is 1. The van der Waals surface area contributed by atoms with Gasteiger partial charge in [0.2, 0.25) is 41.4 Å². The van der Waals surface area contributed by atoms with Gasteiger partial charge in [0.25, 0.3) is 5.91 Å². The molecular formula is C47H85N13O11+2. The number of carboxylic acids is 1. The van der Waals surface area contributed by atoms with E-state index in [0.717, 1.165) is 19.4 Å². The number of aliphatic hydroxyl groups excluding tert-OH is 1. The number of nitrogens with zero attached hydrogens (tertiary/aromatic N) is 4. The Balaban J connectivity index is 1.46. The molecule has 9 atom stereocenters. The van der Waals surface area contributed by atoms with E-state index in [1.165, 1.54) is 19.6 Å². The number of nitrogens with one attached hydrogen (secondary N) is 5. The summed E-state index contributed by atoms with van der Waals surface area (Å²) >= 11 is 0. The van der Waals surface area contributed by atoms with Crippen LogP contribution in [-0.4, -0.2) is 190 Å². The predicted octanol–water partition coefficient (Wildman–Crippen LogP) is -4.35. The second kappa shape index (κ2) is 28.3. The average molecular weight is 1010 g/mol. The summed E-state index contributed by atoms with van der Waals surface area (Å²) in [7, 11) is 0. The summed E-state index contributed by atoms with van der Waals surface area (Å²) in [6.45, 7) is 8.82. The zero-order chi connectivity index (χ0) is 52.5. The van der Waals surface area contributed by atoms with Crippen LogP contribution in [0.5, 0.6) is 0 Å². The molecule has 0 aromatic carbocycles. The van der Waals surface area contributed by atoms with Crippen molar-refractivity contribution in [3.8, 4) is 0 Å². The molecule has 4 saturated heterocycles. The van der Waals surface area contributed by atoms with E-state index in [1.807, 2.05) is 27.7 Å². The van der Waals surface area contributed by atoms with E-state index >= 15 is 0 Å². The minimum absolute atomic E-state index is 0.0538. The van der Waals surface area contributed by atoms with E-state index in [9.17, 15) is 53.4 Å². The minimum atomic E-state index is -1.54. The lowest BCUT2D eigenvalue weighted by atomic mass is 10.0. The summed E-state index contributed by atoms with van der Waals surface area (Å²) in [6.07, 6.45) is 5.78. The van der Waals surface area contributed by atoms with Crippen LogP contribution in [0.4, 0.5) is 0 Å². The summed E-state index contributed by atoms with van der Waals surface area (Å²) in [6, 6.07) is -8.95. The molecular weight excluding hydrogens is 923 g/mol. The van der Waals surface area contributed by atoms with E-state index in [1.54, 1.807) is 0 Å². The third-order valence-electron chi connectivity index (χ3n) is 13.9. The van der Waals surface area contributed by atoms with Crippen LogP contribution < -0.4 is 49.5 Å². The molecule has 0 aromatic rings. The van der Waals surface area contributed by atoms with Gasteiger partial charge in [0.05, 0.1) is 13.2 Å². The van der Waals surface area contributed by atoms with Gasteiger partial charge in [0.1, 0.15) is 54.6 Å². The quantitative estimate of drug-likeness (QED) is 0.0274. The predicted molar refractivity (Wildman–Crippen MR) is 258 cm³/mol. The van der Waals surface area contributed by atoms with Gasteiger partial charge < -0.3 is 74.0 Å². The summed E-state index contributed by atoms with van der Waals surface area (Å²) in [5.74, 6) is -5.49. The van der Waals surface area contributed by atoms with Gasteiger partial charge in [0.15, 0.2) is 6.04 Å². The Morgan fingerprint density at radius 3 is 1.44 bits per heavy atom. The standard InChI is InChI=1S/C47H83N13O11/c1-27(2)24-31(43(67)58-21-9-15-35(58)41(65)56-33(26-61)46(70)71)54-40(64)36-16-10-22-59(36)45(69)37-17-11-23-60(37)44(68)32(25-28(3)4)55-39(63)34-14-8-20-57(34)42(66)30(13-7-19-52-47(50)51)53-38(62)29(49)12-5-6-18-48/h27-37,47,52,61H,5-26,48-51H2,1-4H3,(H,53,62)(H,54,64)(H,55,63)(H,56,65)(H,70,71)/p+2/t29-,30-,31-,32-,33-,34-,35-,36-,37-/m0/s1. The number of likely N-dealkylation sites (tertiary alicyclic amines) is 4. The molecule has 0 saturated carbocycles. The van der Waals surface area contributed by atoms with Gasteiger partial charge in [-0.25, -0.2) is 4.79 Å². The third kappa shape index (κ3) is 16.5. The number of quaternary nitrogens is 2. The molecule has 8 amide bonds. The fourth-order valence-corrected chi connectivity index (χ4v) is 10.2. The van der Waals surface area contributed by atoms with E-state index < -0.39 is 115 Å². The smallest absolute Gasteiger partial charge is 0.328 e. The molecule has 4 aliphatic rings. The maximum Gasteiger partial charge on any atom is 0.328 e. The molecule has 0 aliphatic carbocycles. The van der Waals surface area contributed by atoms with Crippen molar-refractivity contribution in [1.82, 2.24) is 46.2 Å². The summed E-state index contributed by atoms with van der Waals surface area (Å²) in [5.41, 5.74) is 19.1. The highest BCUT2D eigenvalue weighted by molar-refractivity contribution is 5.98.